The van der Waals surface area contributed by atoms with Gasteiger partial charge in [0.05, 0.1) is 0 Å². The van der Waals surface area contributed by atoms with E-state index in [4.69, 9.17) is 0 Å². The van der Waals surface area contributed by atoms with Crippen LogP contribution in [-0.4, -0.2) is 8.41 Å². The van der Waals surface area contributed by atoms with E-state index in [1.54, 1.807) is 0 Å². The largest absolute Gasteiger partial charge is 0.199 e. The first kappa shape index (κ1) is 27.4. The maximum atomic E-state index is 3.72. The van der Waals surface area contributed by atoms with Crippen LogP contribution in [0.25, 0.3) is 0 Å². The summed E-state index contributed by atoms with van der Waals surface area (Å²) in [5.74, 6) is 0. The third kappa shape index (κ3) is 20.3. The van der Waals surface area contributed by atoms with Gasteiger partial charge in [0.2, 0.25) is 0 Å². The molecular formula is C25H22BPr-4. The van der Waals surface area contributed by atoms with E-state index in [-0.39, 0.29) is 49.7 Å². The fourth-order valence-corrected chi connectivity index (χ4v) is 1.50. The maximum absolute atomic E-state index is 3.72. The van der Waals surface area contributed by atoms with Crippen molar-refractivity contribution in [2.75, 3.05) is 0 Å². The summed E-state index contributed by atoms with van der Waals surface area (Å²) in [7, 11) is 0. The van der Waals surface area contributed by atoms with Crippen LogP contribution < -0.4 is 0 Å². The molecule has 0 bridgehead atoms. The molecule has 4 rings (SSSR count). The molecule has 0 N–H and O–H groups in total. The van der Waals surface area contributed by atoms with E-state index in [0.29, 0.717) is 0 Å². The minimum absolute atomic E-state index is 0. The van der Waals surface area contributed by atoms with Crippen LogP contribution in [0.15, 0.2) is 121 Å². The third-order valence-electron chi connectivity index (χ3n) is 2.66. The van der Waals surface area contributed by atoms with Crippen molar-refractivity contribution in [3.8, 4) is 0 Å². The van der Waals surface area contributed by atoms with Crippen molar-refractivity contribution in [1.29, 1.82) is 0 Å². The molecule has 0 spiro atoms. The first-order valence-corrected chi connectivity index (χ1v) is 8.00. The van der Waals surface area contributed by atoms with E-state index in [9.17, 15) is 0 Å². The minimum Gasteiger partial charge on any atom is -0.199 e. The van der Waals surface area contributed by atoms with Crippen LogP contribution in [0.5, 0.6) is 0 Å². The van der Waals surface area contributed by atoms with Gasteiger partial charge >= 0.3 is 0 Å². The Labute approximate surface area is 200 Å². The Morgan fingerprint density at radius 3 is 0.815 bits per heavy atom. The molecule has 132 valence electrons. The molecule has 4 radical (unpaired) electrons. The molecule has 0 aromatic heterocycles. The zero-order chi connectivity index (χ0) is 17.8. The molecular weight excluding hydrogens is 452 g/mol. The molecule has 0 saturated carbocycles. The number of rotatable bonds is 0. The summed E-state index contributed by atoms with van der Waals surface area (Å²) in [4.78, 5) is 0. The van der Waals surface area contributed by atoms with Crippen molar-refractivity contribution < 1.29 is 41.3 Å². The van der Waals surface area contributed by atoms with Crippen molar-refractivity contribution in [3.63, 3.8) is 0 Å². The summed E-state index contributed by atoms with van der Waals surface area (Å²) in [6, 6.07) is 47.4. The average molecular weight is 474 g/mol. The van der Waals surface area contributed by atoms with Gasteiger partial charge in [-0.05, 0) is 0 Å². The van der Waals surface area contributed by atoms with E-state index in [1.165, 1.54) is 0 Å². The van der Waals surface area contributed by atoms with Crippen LogP contribution in [0.4, 0.5) is 0 Å². The first-order valence-electron chi connectivity index (χ1n) is 8.00. The molecule has 0 atom stereocenters. The van der Waals surface area contributed by atoms with Crippen molar-refractivity contribution >= 4 is 8.41 Å². The molecule has 0 aliphatic heterocycles. The second-order valence-electron chi connectivity index (χ2n) is 4.72. The molecule has 27 heavy (non-hydrogen) atoms. The Morgan fingerprint density at radius 2 is 0.704 bits per heavy atom. The van der Waals surface area contributed by atoms with Crippen LogP contribution in [0.1, 0.15) is 5.56 Å². The Kier molecular flexibility index (Phi) is 22.5. The van der Waals surface area contributed by atoms with E-state index < -0.39 is 0 Å². The Balaban J connectivity index is 0. The normalized spacial score (nSPS) is 7.56. The van der Waals surface area contributed by atoms with Gasteiger partial charge in [0.15, 0.2) is 0 Å². The van der Waals surface area contributed by atoms with E-state index in [0.717, 1.165) is 5.56 Å². The van der Waals surface area contributed by atoms with Crippen LogP contribution in [0, 0.1) is 66.4 Å². The summed E-state index contributed by atoms with van der Waals surface area (Å²) >= 11 is 0. The van der Waals surface area contributed by atoms with Gasteiger partial charge in [-0.25, -0.2) is 0 Å². The van der Waals surface area contributed by atoms with Gasteiger partial charge in [0.25, 0.3) is 0 Å². The number of hydrogen-bond acceptors (Lipinski definition) is 0. The first-order chi connectivity index (χ1) is 12.4. The monoisotopic (exact) mass is 474 g/mol. The van der Waals surface area contributed by atoms with E-state index >= 15 is 0 Å². The number of benzene rings is 4. The quantitative estimate of drug-likeness (QED) is 0.219. The second kappa shape index (κ2) is 22.2. The van der Waals surface area contributed by atoms with Gasteiger partial charge in [-0.3, -0.25) is 0 Å². The van der Waals surface area contributed by atoms with Crippen molar-refractivity contribution in [1.82, 2.24) is 0 Å². The van der Waals surface area contributed by atoms with Crippen LogP contribution in [0.3, 0.4) is 0 Å². The van der Waals surface area contributed by atoms with Gasteiger partial charge in [-0.2, -0.15) is 134 Å². The smallest absolute Gasteiger partial charge is 0 e. The van der Waals surface area contributed by atoms with Gasteiger partial charge in [0.1, 0.15) is 0 Å². The predicted octanol–water partition coefficient (Wildman–Crippen LogP) is 5.95. The molecule has 0 aliphatic rings. The summed E-state index contributed by atoms with van der Waals surface area (Å²) in [6.45, 7) is 3.72. The Bertz CT molecular complexity index is 547. The zero-order valence-corrected chi connectivity index (χ0v) is 19.1. The van der Waals surface area contributed by atoms with Gasteiger partial charge in [-0.1, -0.05) is 6.07 Å². The molecule has 0 heterocycles. The zero-order valence-electron chi connectivity index (χ0n) is 15.4. The Morgan fingerprint density at radius 1 is 0.444 bits per heavy atom. The van der Waals surface area contributed by atoms with Crippen LogP contribution >= 0.6 is 0 Å². The fraction of sp³-hybridized carbons (Fsp3) is 0. The molecule has 0 saturated heterocycles. The SMILES string of the molecule is [B].[CH2-]c1ccccc1.[Pr].[c-]1ccccc1.[c-]1ccccc1.[c-]1ccccc1. The Hall–Kier alpha value is -1.82. The maximum Gasteiger partial charge on any atom is 0 e. The topological polar surface area (TPSA) is 0 Å². The molecule has 0 aliphatic carbocycles. The van der Waals surface area contributed by atoms with Crippen LogP contribution in [0.2, 0.25) is 0 Å². The van der Waals surface area contributed by atoms with Gasteiger partial charge in [0, 0.05) is 49.7 Å². The third-order valence-corrected chi connectivity index (χ3v) is 2.66. The van der Waals surface area contributed by atoms with Crippen molar-refractivity contribution in [2.45, 2.75) is 0 Å². The molecule has 0 unspecified atom stereocenters. The standard InChI is InChI=1S/C7H7.3C6H5.B.Pr/c1-7-5-3-2-4-6-7;3*1-2-4-6-5-3-1;;/h2-6H,1H2;3*1-5H;;/q4*-1;;. The van der Waals surface area contributed by atoms with E-state index in [1.807, 2.05) is 121 Å². The van der Waals surface area contributed by atoms with Gasteiger partial charge in [-0.15, -0.1) is 12.1 Å². The summed E-state index contributed by atoms with van der Waals surface area (Å²) in [5, 5.41) is 0. The molecule has 0 nitrogen and oxygen atoms in total. The predicted molar refractivity (Wildman–Crippen MR) is 112 cm³/mol. The second-order valence-corrected chi connectivity index (χ2v) is 4.72. The molecule has 4 aromatic carbocycles. The van der Waals surface area contributed by atoms with Gasteiger partial charge < -0.3 is 0 Å². The fourth-order valence-electron chi connectivity index (χ4n) is 1.50. The van der Waals surface area contributed by atoms with Crippen molar-refractivity contribution in [3.05, 3.63) is 152 Å². The van der Waals surface area contributed by atoms with Crippen molar-refractivity contribution in [2.24, 2.45) is 0 Å². The summed E-state index contributed by atoms with van der Waals surface area (Å²) < 4.78 is 0. The van der Waals surface area contributed by atoms with E-state index in [2.05, 4.69) is 25.1 Å². The summed E-state index contributed by atoms with van der Waals surface area (Å²) in [5.41, 5.74) is 1.07. The summed E-state index contributed by atoms with van der Waals surface area (Å²) in [6.07, 6.45) is 0. The molecule has 0 fully saturated rings. The molecule has 0 amide bonds. The molecule has 2 heteroatoms. The van der Waals surface area contributed by atoms with Crippen LogP contribution in [-0.2, 0) is 0 Å². The number of hydrogen-bond donors (Lipinski definition) is 0. The average Bonchev–Trinajstić information content (AvgIpc) is 2.74. The molecule has 4 aromatic rings. The minimum atomic E-state index is 0.